The second-order valence-corrected chi connectivity index (χ2v) is 11.6. The monoisotopic (exact) mass is 525 g/mol. The van der Waals surface area contributed by atoms with Gasteiger partial charge in [-0.25, -0.2) is 8.42 Å². The molecule has 0 radical (unpaired) electrons. The van der Waals surface area contributed by atoms with Crippen molar-refractivity contribution in [2.45, 2.75) is 50.2 Å². The average molecular weight is 526 g/mol. The lowest BCUT2D eigenvalue weighted by Crippen LogP contribution is -2.29. The van der Waals surface area contributed by atoms with E-state index in [1.807, 2.05) is 29.2 Å². The Hall–Kier alpha value is -3.11. The molecule has 0 spiro atoms. The molecule has 0 amide bonds. The van der Waals surface area contributed by atoms with Crippen LogP contribution < -0.4 is 19.7 Å². The maximum absolute atomic E-state index is 12.0. The van der Waals surface area contributed by atoms with Crippen molar-refractivity contribution in [2.75, 3.05) is 23.0 Å². The van der Waals surface area contributed by atoms with E-state index >= 15 is 0 Å². The maximum Gasteiger partial charge on any atom is 0.229 e. The largest absolute Gasteiger partial charge is 0.495 e. The third kappa shape index (κ3) is 5.05. The Morgan fingerprint density at radius 1 is 1.14 bits per heavy atom. The number of methoxy groups -OCH3 is 1. The van der Waals surface area contributed by atoms with Gasteiger partial charge in [0.05, 0.1) is 36.8 Å². The first-order chi connectivity index (χ1) is 17.3. The molecule has 0 unspecified atom stereocenters. The van der Waals surface area contributed by atoms with Crippen LogP contribution in [0.1, 0.15) is 61.5 Å². The number of nitrogens with one attached hydrogen (secondary N) is 2. The van der Waals surface area contributed by atoms with Crippen molar-refractivity contribution in [3.63, 3.8) is 0 Å². The molecule has 2 fully saturated rings. The Kier molecular flexibility index (Phi) is 6.90. The normalized spacial score (nSPS) is 20.8. The Morgan fingerprint density at radius 3 is 2.64 bits per heavy atom. The van der Waals surface area contributed by atoms with Crippen molar-refractivity contribution in [3.05, 3.63) is 72.3 Å². The van der Waals surface area contributed by atoms with Gasteiger partial charge in [-0.2, -0.15) is 0 Å². The van der Waals surface area contributed by atoms with Crippen LogP contribution in [0, 0.1) is 0 Å². The second-order valence-electron chi connectivity index (χ2n) is 9.44. The summed E-state index contributed by atoms with van der Waals surface area (Å²) in [5.74, 6) is 0.434. The van der Waals surface area contributed by atoms with Gasteiger partial charge in [-0.15, -0.1) is 0 Å². The Balaban J connectivity index is 1.57. The summed E-state index contributed by atoms with van der Waals surface area (Å²) in [6.07, 6.45) is 13.5. The maximum atomic E-state index is 12.0. The minimum Gasteiger partial charge on any atom is -0.495 e. The van der Waals surface area contributed by atoms with Crippen LogP contribution in [0.4, 0.5) is 11.4 Å². The van der Waals surface area contributed by atoms with Crippen molar-refractivity contribution >= 4 is 38.7 Å². The fourth-order valence-corrected chi connectivity index (χ4v) is 6.21. The summed E-state index contributed by atoms with van der Waals surface area (Å²) in [5.41, 5.74) is 3.13. The number of ether oxygens (including phenoxy) is 1. The molecule has 1 saturated heterocycles. The smallest absolute Gasteiger partial charge is 0.229 e. The number of benzene rings is 1. The molecular weight excluding hydrogens is 494 g/mol. The van der Waals surface area contributed by atoms with Crippen LogP contribution in [-0.2, 0) is 10.0 Å². The van der Waals surface area contributed by atoms with Gasteiger partial charge >= 0.3 is 0 Å². The Labute approximate surface area is 217 Å². The first kappa shape index (κ1) is 24.6. The van der Waals surface area contributed by atoms with Crippen molar-refractivity contribution in [1.82, 2.24) is 14.9 Å². The predicted octanol–water partition coefficient (Wildman–Crippen LogP) is 4.95. The zero-order valence-electron chi connectivity index (χ0n) is 20.4. The van der Waals surface area contributed by atoms with Crippen molar-refractivity contribution < 1.29 is 13.2 Å². The van der Waals surface area contributed by atoms with Gasteiger partial charge in [0.2, 0.25) is 10.0 Å². The summed E-state index contributed by atoms with van der Waals surface area (Å²) in [6, 6.07) is 13.6. The molecule has 1 aromatic carbocycles. The summed E-state index contributed by atoms with van der Waals surface area (Å²) in [6.45, 7) is 0. The van der Waals surface area contributed by atoms with E-state index < -0.39 is 10.0 Å². The molecule has 3 heterocycles. The molecule has 1 saturated carbocycles. The first-order valence-electron chi connectivity index (χ1n) is 12.2. The van der Waals surface area contributed by atoms with Crippen LogP contribution >= 0.6 is 12.2 Å². The first-order valence-corrected chi connectivity index (χ1v) is 14.5. The summed E-state index contributed by atoms with van der Waals surface area (Å²) >= 11 is 5.83. The minimum absolute atomic E-state index is 0.170. The molecule has 8 nitrogen and oxygen atoms in total. The molecule has 0 bridgehead atoms. The number of hydrogen-bond acceptors (Lipinski definition) is 5. The number of thiocarbonyl (C=S) groups is 1. The highest BCUT2D eigenvalue weighted by Crippen LogP contribution is 2.44. The predicted molar refractivity (Wildman–Crippen MR) is 146 cm³/mol. The van der Waals surface area contributed by atoms with Crippen molar-refractivity contribution in [3.8, 4) is 5.75 Å². The molecule has 190 valence electrons. The lowest BCUT2D eigenvalue weighted by molar-refractivity contribution is 0.353. The van der Waals surface area contributed by atoms with Gasteiger partial charge in [-0.1, -0.05) is 25.3 Å². The van der Waals surface area contributed by atoms with Gasteiger partial charge in [-0.3, -0.25) is 9.71 Å². The van der Waals surface area contributed by atoms with Gasteiger partial charge in [0.15, 0.2) is 5.11 Å². The highest BCUT2D eigenvalue weighted by atomic mass is 32.2. The Bertz CT molecular complexity index is 1340. The van der Waals surface area contributed by atoms with Gasteiger partial charge in [0, 0.05) is 30.3 Å². The van der Waals surface area contributed by atoms with Crippen LogP contribution in [0.3, 0.4) is 0 Å². The van der Waals surface area contributed by atoms with Crippen molar-refractivity contribution in [1.29, 1.82) is 0 Å². The number of nitrogens with zero attached hydrogens (tertiary/aromatic N) is 3. The average Bonchev–Trinajstić information content (AvgIpc) is 3.49. The van der Waals surface area contributed by atoms with Gasteiger partial charge in [0.25, 0.3) is 0 Å². The van der Waals surface area contributed by atoms with Crippen LogP contribution in [0.2, 0.25) is 0 Å². The van der Waals surface area contributed by atoms with E-state index in [1.165, 1.54) is 39.2 Å². The fraction of sp³-hybridized carbons (Fsp3) is 0.385. The second kappa shape index (κ2) is 10.1. The van der Waals surface area contributed by atoms with Gasteiger partial charge < -0.3 is 19.5 Å². The number of pyridine rings is 1. The third-order valence-electron chi connectivity index (χ3n) is 6.93. The molecule has 1 aliphatic heterocycles. The molecule has 5 rings (SSSR count). The molecular formula is C26H31N5O3S2. The van der Waals surface area contributed by atoms with Crippen LogP contribution in [0.5, 0.6) is 5.75 Å². The number of hydrogen-bond donors (Lipinski definition) is 2. The molecule has 10 heteroatoms. The van der Waals surface area contributed by atoms with Gasteiger partial charge in [0.1, 0.15) is 5.75 Å². The lowest BCUT2D eigenvalue weighted by Gasteiger charge is -2.28. The highest BCUT2D eigenvalue weighted by molar-refractivity contribution is 7.92. The SMILES string of the molecule is COc1ccc(N2C(=S)N[C@@H](c3ccccn3)[C@@H]2c2ccn(C3CCCCC3)c2)cc1NS(C)(=O)=O. The van der Waals surface area contributed by atoms with Crippen LogP contribution in [0.25, 0.3) is 0 Å². The zero-order valence-corrected chi connectivity index (χ0v) is 22.1. The third-order valence-corrected chi connectivity index (χ3v) is 7.84. The molecule has 2 N–H and O–H groups in total. The number of anilines is 2. The van der Waals surface area contributed by atoms with E-state index in [4.69, 9.17) is 17.0 Å². The van der Waals surface area contributed by atoms with E-state index in [-0.39, 0.29) is 12.1 Å². The topological polar surface area (TPSA) is 88.5 Å². The van der Waals surface area contributed by atoms with E-state index in [0.717, 1.165) is 23.2 Å². The summed E-state index contributed by atoms with van der Waals surface area (Å²) in [4.78, 5) is 6.67. The van der Waals surface area contributed by atoms with Crippen LogP contribution in [0.15, 0.2) is 61.1 Å². The Morgan fingerprint density at radius 2 is 1.94 bits per heavy atom. The van der Waals surface area contributed by atoms with E-state index in [1.54, 1.807) is 18.3 Å². The standard InChI is InChI=1S/C26H31N5O3S2/c1-34-23-12-11-20(16-22(23)29-36(2,32)33)31-25(24(28-26(31)35)21-10-6-7-14-27-21)18-13-15-30(17-18)19-8-4-3-5-9-19/h6-7,10-17,19,24-25,29H,3-5,8-9H2,1-2H3,(H,28,35)/t24-,25-/m0/s1. The van der Waals surface area contributed by atoms with Gasteiger partial charge in [-0.05, 0) is 67.0 Å². The molecule has 36 heavy (non-hydrogen) atoms. The van der Waals surface area contributed by atoms with E-state index in [9.17, 15) is 8.42 Å². The molecule has 1 aliphatic carbocycles. The summed E-state index contributed by atoms with van der Waals surface area (Å²) in [7, 11) is -1.99. The van der Waals surface area contributed by atoms with Crippen molar-refractivity contribution in [2.24, 2.45) is 0 Å². The number of aromatic nitrogens is 2. The highest BCUT2D eigenvalue weighted by Gasteiger charge is 2.41. The molecule has 2 aliphatic rings. The lowest BCUT2D eigenvalue weighted by atomic mass is 9.95. The number of rotatable bonds is 7. The molecule has 2 aromatic heterocycles. The van der Waals surface area contributed by atoms with E-state index in [0.29, 0.717) is 22.6 Å². The molecule has 3 aromatic rings. The van der Waals surface area contributed by atoms with Crippen LogP contribution in [-0.4, -0.2) is 36.4 Å². The summed E-state index contributed by atoms with van der Waals surface area (Å²) in [5, 5.41) is 4.02. The zero-order chi connectivity index (χ0) is 25.3. The van der Waals surface area contributed by atoms with E-state index in [2.05, 4.69) is 38.1 Å². The fourth-order valence-electron chi connectivity index (χ4n) is 5.31. The number of sulfonamides is 1. The summed E-state index contributed by atoms with van der Waals surface area (Å²) < 4.78 is 34.3. The quantitative estimate of drug-likeness (QED) is 0.422. The minimum atomic E-state index is -3.50. The molecule has 2 atom stereocenters.